The largest absolute Gasteiger partial charge is 0.445 e. The minimum atomic E-state index is -3.48. The molecule has 0 aromatic heterocycles. The van der Waals surface area contributed by atoms with E-state index in [0.29, 0.717) is 38.8 Å². The zero-order valence-corrected chi connectivity index (χ0v) is 23.4. The first-order chi connectivity index (χ1) is 17.5. The number of halogens is 3. The molecule has 9 nitrogen and oxygen atoms in total. The third kappa shape index (κ3) is 8.02. The zero-order chi connectivity index (χ0) is 26.6. The van der Waals surface area contributed by atoms with Crippen molar-refractivity contribution in [1.29, 1.82) is 0 Å². The van der Waals surface area contributed by atoms with Gasteiger partial charge in [0.25, 0.3) is 0 Å². The molecule has 0 unspecified atom stereocenters. The molecule has 1 aromatic rings. The molecule has 4 rings (SSSR count). The lowest BCUT2D eigenvalue weighted by Crippen LogP contribution is -2.53. The van der Waals surface area contributed by atoms with Crippen molar-refractivity contribution in [1.82, 2.24) is 14.5 Å². The van der Waals surface area contributed by atoms with Gasteiger partial charge in [0.1, 0.15) is 13.2 Å². The fraction of sp³-hybridized carbons (Fsp3) is 0.667. The lowest BCUT2D eigenvalue weighted by Gasteiger charge is -2.39. The van der Waals surface area contributed by atoms with E-state index in [4.69, 9.17) is 44.3 Å². The Morgan fingerprint density at radius 3 is 2.19 bits per heavy atom. The van der Waals surface area contributed by atoms with E-state index >= 15 is 0 Å². The summed E-state index contributed by atoms with van der Waals surface area (Å²) >= 11 is 16.8. The van der Waals surface area contributed by atoms with Crippen LogP contribution < -0.4 is 5.32 Å². The number of likely N-dealkylation sites (tertiary alicyclic amines) is 1. The fourth-order valence-corrected chi connectivity index (χ4v) is 8.09. The highest BCUT2D eigenvalue weighted by molar-refractivity contribution is 7.89. The number of hydrogen-bond donors (Lipinski definition) is 1. The first-order valence-electron chi connectivity index (χ1n) is 12.5. The molecule has 0 radical (unpaired) electrons. The minimum Gasteiger partial charge on any atom is -0.445 e. The van der Waals surface area contributed by atoms with Gasteiger partial charge < -0.3 is 19.7 Å². The molecule has 2 bridgehead atoms. The predicted molar refractivity (Wildman–Crippen MR) is 141 cm³/mol. The Balaban J connectivity index is 1.23. The summed E-state index contributed by atoms with van der Waals surface area (Å²) in [6.07, 6.45) is 2.73. The van der Waals surface area contributed by atoms with Crippen molar-refractivity contribution in [2.24, 2.45) is 5.92 Å². The maximum atomic E-state index is 13.4. The number of carbonyl (C=O) groups is 2. The van der Waals surface area contributed by atoms with Crippen molar-refractivity contribution in [3.63, 3.8) is 0 Å². The van der Waals surface area contributed by atoms with Crippen LogP contribution in [0.4, 0.5) is 9.59 Å². The molecule has 1 N–H and O–H groups in total. The fourth-order valence-electron chi connectivity index (χ4n) is 5.54. The highest BCUT2D eigenvalue weighted by Gasteiger charge is 2.47. The number of amides is 2. The number of nitrogens with zero attached hydrogens (tertiary/aromatic N) is 2. The number of hydrogen-bond acceptors (Lipinski definition) is 6. The second-order valence-electron chi connectivity index (χ2n) is 9.97. The van der Waals surface area contributed by atoms with Gasteiger partial charge in [-0.3, -0.25) is 0 Å². The molecule has 2 amide bonds. The first-order valence-corrected chi connectivity index (χ1v) is 15.2. The van der Waals surface area contributed by atoms with Crippen LogP contribution in [0.15, 0.2) is 30.3 Å². The Bertz CT molecular complexity index is 1030. The van der Waals surface area contributed by atoms with Crippen LogP contribution in [0.1, 0.15) is 44.1 Å². The zero-order valence-electron chi connectivity index (χ0n) is 20.4. The molecule has 3 atom stereocenters. The molecule has 3 heterocycles. The maximum Gasteiger partial charge on any atom is 0.410 e. The van der Waals surface area contributed by atoms with Crippen LogP contribution in [0.3, 0.4) is 0 Å². The highest BCUT2D eigenvalue weighted by atomic mass is 35.6. The summed E-state index contributed by atoms with van der Waals surface area (Å²) in [4.78, 5) is 26.1. The number of alkyl carbamates (subject to hydrolysis) is 1. The molecular weight excluding hydrogens is 565 g/mol. The van der Waals surface area contributed by atoms with Gasteiger partial charge in [-0.2, -0.15) is 4.31 Å². The Kier molecular flexibility index (Phi) is 9.38. The molecule has 13 heteroatoms. The summed E-state index contributed by atoms with van der Waals surface area (Å²) in [7, 11) is -3.48. The number of alkyl halides is 3. The highest BCUT2D eigenvalue weighted by Crippen LogP contribution is 2.39. The summed E-state index contributed by atoms with van der Waals surface area (Å²) in [5, 5.41) is 2.77. The van der Waals surface area contributed by atoms with Gasteiger partial charge in [-0.25, -0.2) is 18.0 Å². The smallest absolute Gasteiger partial charge is 0.410 e. The van der Waals surface area contributed by atoms with E-state index in [2.05, 4.69) is 5.32 Å². The van der Waals surface area contributed by atoms with Crippen LogP contribution in [-0.2, 0) is 26.1 Å². The number of carbonyl (C=O) groups excluding carboxylic acids is 2. The number of sulfonamides is 1. The molecule has 37 heavy (non-hydrogen) atoms. The van der Waals surface area contributed by atoms with E-state index in [-0.39, 0.29) is 49.1 Å². The maximum absolute atomic E-state index is 13.4. The van der Waals surface area contributed by atoms with Gasteiger partial charge >= 0.3 is 12.2 Å². The average molecular weight is 597 g/mol. The Morgan fingerprint density at radius 1 is 0.973 bits per heavy atom. The Morgan fingerprint density at radius 2 is 1.59 bits per heavy atom. The van der Waals surface area contributed by atoms with E-state index < -0.39 is 19.9 Å². The van der Waals surface area contributed by atoms with Crippen LogP contribution in [0.25, 0.3) is 0 Å². The van der Waals surface area contributed by atoms with E-state index in [0.717, 1.165) is 18.4 Å². The summed E-state index contributed by atoms with van der Waals surface area (Å²) in [6.45, 7) is 0.797. The van der Waals surface area contributed by atoms with Gasteiger partial charge in [0.05, 0.1) is 5.75 Å². The van der Waals surface area contributed by atoms with Gasteiger partial charge in [-0.05, 0) is 50.0 Å². The molecule has 3 fully saturated rings. The number of benzene rings is 1. The van der Waals surface area contributed by atoms with Gasteiger partial charge in [0.2, 0.25) is 13.8 Å². The number of piperidine rings is 2. The van der Waals surface area contributed by atoms with Crippen LogP contribution >= 0.6 is 34.8 Å². The summed E-state index contributed by atoms with van der Waals surface area (Å²) in [5.74, 6) is 0.0475. The lowest BCUT2D eigenvalue weighted by molar-refractivity contribution is 0.0838. The normalized spacial score (nSPS) is 25.1. The summed E-state index contributed by atoms with van der Waals surface area (Å²) in [5.41, 5.74) is 0.921. The van der Waals surface area contributed by atoms with E-state index in [1.807, 2.05) is 30.3 Å². The van der Waals surface area contributed by atoms with Crippen LogP contribution in [0, 0.1) is 5.92 Å². The van der Waals surface area contributed by atoms with Crippen molar-refractivity contribution in [2.45, 2.75) is 67.0 Å². The molecule has 1 aromatic carbocycles. The topological polar surface area (TPSA) is 105 Å². The Hall–Kier alpha value is -1.46. The molecular formula is C24H32Cl3N3O6S. The number of rotatable bonds is 7. The summed E-state index contributed by atoms with van der Waals surface area (Å²) in [6, 6.07) is 8.97. The van der Waals surface area contributed by atoms with Crippen molar-refractivity contribution in [2.75, 3.05) is 25.4 Å². The molecule has 3 aliphatic heterocycles. The number of nitrogens with one attached hydrogen (secondary N) is 1. The molecule has 206 valence electrons. The van der Waals surface area contributed by atoms with Crippen molar-refractivity contribution >= 4 is 57.0 Å². The van der Waals surface area contributed by atoms with E-state index in [1.54, 1.807) is 9.21 Å². The SMILES string of the molecule is O=C(N[C@H]1C[C@H]2CC[C@@H](C1)N2S(=O)(=O)CC1CCN(C(=O)OCc2ccccc2)CC1)OCC(Cl)(Cl)Cl. The quantitative estimate of drug-likeness (QED) is 0.466. The third-order valence-electron chi connectivity index (χ3n) is 7.20. The molecule has 3 saturated heterocycles. The predicted octanol–water partition coefficient (Wildman–Crippen LogP) is 4.46. The number of ether oxygens (including phenoxy) is 2. The third-order valence-corrected chi connectivity index (χ3v) is 9.66. The monoisotopic (exact) mass is 595 g/mol. The van der Waals surface area contributed by atoms with Crippen molar-refractivity contribution < 1.29 is 27.5 Å². The molecule has 3 aliphatic rings. The van der Waals surface area contributed by atoms with Crippen molar-refractivity contribution in [3.05, 3.63) is 35.9 Å². The second kappa shape index (κ2) is 12.2. The van der Waals surface area contributed by atoms with Crippen LogP contribution in [0.2, 0.25) is 0 Å². The average Bonchev–Trinajstić information content (AvgIpc) is 3.14. The van der Waals surface area contributed by atoms with Gasteiger partial charge in [-0.15, -0.1) is 0 Å². The van der Waals surface area contributed by atoms with Gasteiger partial charge in [-0.1, -0.05) is 65.1 Å². The standard InChI is InChI=1S/C24H32Cl3N3O6S/c25-24(26,27)16-36-22(31)28-19-12-20-6-7-21(13-19)30(20)37(33,34)15-18-8-10-29(11-9-18)23(32)35-14-17-4-2-1-3-5-17/h1-5,18-21H,6-16H2,(H,28,31)/t19-,20+,21-. The van der Waals surface area contributed by atoms with Crippen LogP contribution in [0.5, 0.6) is 0 Å². The molecule has 0 spiro atoms. The lowest BCUT2D eigenvalue weighted by atomic mass is 9.99. The molecule has 0 aliphatic carbocycles. The molecule has 0 saturated carbocycles. The van der Waals surface area contributed by atoms with E-state index in [1.165, 1.54) is 0 Å². The summed E-state index contributed by atoms with van der Waals surface area (Å²) < 4.78 is 37.1. The Labute approximate surface area is 232 Å². The first kappa shape index (κ1) is 28.5. The van der Waals surface area contributed by atoms with Gasteiger partial charge in [0, 0.05) is 31.2 Å². The number of fused-ring (bicyclic) bond motifs is 2. The van der Waals surface area contributed by atoms with Crippen LogP contribution in [-0.4, -0.2) is 77.2 Å². The van der Waals surface area contributed by atoms with Gasteiger partial charge in [0.15, 0.2) is 0 Å². The minimum absolute atomic E-state index is 0.0182. The second-order valence-corrected chi connectivity index (χ2v) is 14.4. The van der Waals surface area contributed by atoms with Crippen molar-refractivity contribution in [3.8, 4) is 0 Å². The van der Waals surface area contributed by atoms with E-state index in [9.17, 15) is 18.0 Å².